The zero-order chi connectivity index (χ0) is 14.7. The van der Waals surface area contributed by atoms with Crippen molar-refractivity contribution in [3.05, 3.63) is 34.8 Å². The molecule has 2 aromatic rings. The van der Waals surface area contributed by atoms with Gasteiger partial charge < -0.3 is 5.43 Å². The van der Waals surface area contributed by atoms with Crippen molar-refractivity contribution < 1.29 is 4.79 Å². The number of hydrogen-bond acceptors (Lipinski definition) is 7. The van der Waals surface area contributed by atoms with Crippen molar-refractivity contribution in [1.82, 2.24) is 20.2 Å². The van der Waals surface area contributed by atoms with Crippen LogP contribution in [-0.2, 0) is 0 Å². The molecule has 0 spiro atoms. The fourth-order valence-electron chi connectivity index (χ4n) is 1.56. The first-order valence-corrected chi connectivity index (χ1v) is 5.94. The Kier molecular flexibility index (Phi) is 3.85. The molecule has 0 radical (unpaired) electrons. The van der Waals surface area contributed by atoms with Crippen LogP contribution in [0.4, 0.5) is 11.8 Å². The smallest absolute Gasteiger partial charge is 0.258 e. The molecule has 0 aromatic carbocycles. The van der Waals surface area contributed by atoms with E-state index < -0.39 is 0 Å². The minimum absolute atomic E-state index is 0.162. The Morgan fingerprint density at radius 2 is 1.85 bits per heavy atom. The molecule has 0 unspecified atom stereocenters. The third-order valence-corrected chi connectivity index (χ3v) is 2.68. The number of amides is 1. The molecule has 0 atom stereocenters. The van der Waals surface area contributed by atoms with Crippen molar-refractivity contribution in [2.24, 2.45) is 5.84 Å². The van der Waals surface area contributed by atoms with E-state index in [0.29, 0.717) is 22.8 Å². The summed E-state index contributed by atoms with van der Waals surface area (Å²) in [7, 11) is 0. The minimum Gasteiger partial charge on any atom is -0.308 e. The van der Waals surface area contributed by atoms with Crippen LogP contribution in [0.2, 0.25) is 0 Å². The van der Waals surface area contributed by atoms with Crippen LogP contribution >= 0.6 is 0 Å². The molecule has 2 aromatic heterocycles. The predicted octanol–water partition coefficient (Wildman–Crippen LogP) is 0.730. The Bertz CT molecular complexity index is 656. The maximum atomic E-state index is 12.1. The standard InChI is InChI=1S/C12H15N7O/c1-6-4-9(5-10(14-6)17-13)11(20)16-12-15-7(2)8(3)18-19-12/h4-5H,13H2,1-3H3,(H,14,17)(H,15,16,19,20). The topological polar surface area (TPSA) is 119 Å². The third kappa shape index (κ3) is 3.04. The van der Waals surface area contributed by atoms with E-state index in [1.165, 1.54) is 6.07 Å². The average Bonchev–Trinajstić information content (AvgIpc) is 2.42. The van der Waals surface area contributed by atoms with Gasteiger partial charge in [0.15, 0.2) is 0 Å². The highest BCUT2D eigenvalue weighted by atomic mass is 16.1. The van der Waals surface area contributed by atoms with Gasteiger partial charge in [-0.3, -0.25) is 10.1 Å². The SMILES string of the molecule is Cc1cc(C(=O)Nc2nnc(C)c(C)n2)cc(NN)n1. The van der Waals surface area contributed by atoms with Crippen molar-refractivity contribution in [2.75, 3.05) is 10.7 Å². The summed E-state index contributed by atoms with van der Waals surface area (Å²) in [6, 6.07) is 3.18. The van der Waals surface area contributed by atoms with Crippen LogP contribution in [0.15, 0.2) is 12.1 Å². The summed E-state index contributed by atoms with van der Waals surface area (Å²) in [4.78, 5) is 20.4. The van der Waals surface area contributed by atoms with Gasteiger partial charge in [-0.05, 0) is 32.9 Å². The molecule has 0 aliphatic heterocycles. The van der Waals surface area contributed by atoms with Crippen molar-refractivity contribution in [2.45, 2.75) is 20.8 Å². The first-order chi connectivity index (χ1) is 9.49. The monoisotopic (exact) mass is 273 g/mol. The molecule has 8 nitrogen and oxygen atoms in total. The van der Waals surface area contributed by atoms with Crippen molar-refractivity contribution in [1.29, 1.82) is 0 Å². The van der Waals surface area contributed by atoms with Gasteiger partial charge in [0, 0.05) is 11.3 Å². The molecule has 4 N–H and O–H groups in total. The second-order valence-corrected chi connectivity index (χ2v) is 4.29. The van der Waals surface area contributed by atoms with Gasteiger partial charge >= 0.3 is 0 Å². The molecule has 8 heteroatoms. The van der Waals surface area contributed by atoms with Crippen LogP contribution in [-0.4, -0.2) is 26.1 Å². The van der Waals surface area contributed by atoms with Gasteiger partial charge in [0.2, 0.25) is 5.95 Å². The van der Waals surface area contributed by atoms with Crippen LogP contribution in [0.1, 0.15) is 27.4 Å². The number of pyridine rings is 1. The van der Waals surface area contributed by atoms with Gasteiger partial charge in [-0.2, -0.15) is 5.10 Å². The number of nitrogens with one attached hydrogen (secondary N) is 2. The van der Waals surface area contributed by atoms with Crippen LogP contribution in [0.3, 0.4) is 0 Å². The van der Waals surface area contributed by atoms with Gasteiger partial charge in [0.05, 0.1) is 11.4 Å². The third-order valence-electron chi connectivity index (χ3n) is 2.68. The highest BCUT2D eigenvalue weighted by Gasteiger charge is 2.11. The average molecular weight is 273 g/mol. The Balaban J connectivity index is 2.23. The molecular formula is C12H15N7O. The summed E-state index contributed by atoms with van der Waals surface area (Å²) in [5, 5.41) is 10.3. The van der Waals surface area contributed by atoms with Crippen molar-refractivity contribution >= 4 is 17.7 Å². The summed E-state index contributed by atoms with van der Waals surface area (Å²) in [5.41, 5.74) is 4.92. The number of aryl methyl sites for hydroxylation is 3. The maximum Gasteiger partial charge on any atom is 0.258 e. The molecule has 0 saturated heterocycles. The molecule has 104 valence electrons. The number of anilines is 2. The fraction of sp³-hybridized carbons (Fsp3) is 0.250. The Hall–Kier alpha value is -2.61. The van der Waals surface area contributed by atoms with E-state index in [-0.39, 0.29) is 11.9 Å². The highest BCUT2D eigenvalue weighted by molar-refractivity contribution is 6.03. The number of nitrogen functional groups attached to an aromatic ring is 1. The number of hydrazine groups is 1. The van der Waals surface area contributed by atoms with E-state index in [9.17, 15) is 4.79 Å². The maximum absolute atomic E-state index is 12.1. The molecule has 0 bridgehead atoms. The number of nitrogens with two attached hydrogens (primary N) is 1. The number of aromatic nitrogens is 4. The second-order valence-electron chi connectivity index (χ2n) is 4.29. The molecule has 0 aliphatic rings. The Morgan fingerprint density at radius 1 is 1.10 bits per heavy atom. The summed E-state index contributed by atoms with van der Waals surface area (Å²) in [6.07, 6.45) is 0. The predicted molar refractivity (Wildman–Crippen MR) is 74.0 cm³/mol. The number of hydrogen-bond donors (Lipinski definition) is 3. The van der Waals surface area contributed by atoms with Crippen molar-refractivity contribution in [3.8, 4) is 0 Å². The molecule has 2 heterocycles. The van der Waals surface area contributed by atoms with Crippen LogP contribution in [0, 0.1) is 20.8 Å². The first kappa shape index (κ1) is 13.8. The summed E-state index contributed by atoms with van der Waals surface area (Å²) in [6.45, 7) is 5.37. The largest absolute Gasteiger partial charge is 0.308 e. The van der Waals surface area contributed by atoms with Crippen LogP contribution in [0.25, 0.3) is 0 Å². The number of rotatable bonds is 3. The van der Waals surface area contributed by atoms with Gasteiger partial charge in [-0.25, -0.2) is 15.8 Å². The lowest BCUT2D eigenvalue weighted by atomic mass is 10.2. The van der Waals surface area contributed by atoms with Crippen LogP contribution in [0.5, 0.6) is 0 Å². The van der Waals surface area contributed by atoms with E-state index >= 15 is 0 Å². The number of carbonyl (C=O) groups excluding carboxylic acids is 1. The number of carbonyl (C=O) groups is 1. The lowest BCUT2D eigenvalue weighted by Gasteiger charge is -2.07. The first-order valence-electron chi connectivity index (χ1n) is 5.94. The van der Waals surface area contributed by atoms with Gasteiger partial charge in [-0.1, -0.05) is 0 Å². The zero-order valence-corrected chi connectivity index (χ0v) is 11.4. The van der Waals surface area contributed by atoms with E-state index in [4.69, 9.17) is 5.84 Å². The second kappa shape index (κ2) is 5.57. The fourth-order valence-corrected chi connectivity index (χ4v) is 1.56. The molecule has 2 rings (SSSR count). The Labute approximate surface area is 115 Å². The molecule has 0 aliphatic carbocycles. The normalized spacial score (nSPS) is 10.2. The van der Waals surface area contributed by atoms with E-state index in [1.807, 2.05) is 0 Å². The highest BCUT2D eigenvalue weighted by Crippen LogP contribution is 2.11. The lowest BCUT2D eigenvalue weighted by Crippen LogP contribution is -2.17. The minimum atomic E-state index is -0.350. The lowest BCUT2D eigenvalue weighted by molar-refractivity contribution is 0.102. The molecule has 0 saturated carbocycles. The van der Waals surface area contributed by atoms with Gasteiger partial charge in [-0.15, -0.1) is 5.10 Å². The van der Waals surface area contributed by atoms with E-state index in [2.05, 4.69) is 30.9 Å². The van der Waals surface area contributed by atoms with E-state index in [0.717, 1.165) is 5.69 Å². The molecular weight excluding hydrogens is 258 g/mol. The summed E-state index contributed by atoms with van der Waals surface area (Å²) >= 11 is 0. The quantitative estimate of drug-likeness (QED) is 0.557. The number of nitrogens with zero attached hydrogens (tertiary/aromatic N) is 4. The molecule has 1 amide bonds. The molecule has 20 heavy (non-hydrogen) atoms. The summed E-state index contributed by atoms with van der Waals surface area (Å²) < 4.78 is 0. The zero-order valence-electron chi connectivity index (χ0n) is 11.4. The van der Waals surface area contributed by atoms with Gasteiger partial charge in [0.1, 0.15) is 5.82 Å². The van der Waals surface area contributed by atoms with Crippen molar-refractivity contribution in [3.63, 3.8) is 0 Å². The molecule has 0 fully saturated rings. The van der Waals surface area contributed by atoms with Gasteiger partial charge in [0.25, 0.3) is 5.91 Å². The van der Waals surface area contributed by atoms with E-state index in [1.54, 1.807) is 26.8 Å². The summed E-state index contributed by atoms with van der Waals surface area (Å²) in [5.74, 6) is 5.52. The Morgan fingerprint density at radius 3 is 2.50 bits per heavy atom. The van der Waals surface area contributed by atoms with Crippen LogP contribution < -0.4 is 16.6 Å².